The van der Waals surface area contributed by atoms with Crippen molar-refractivity contribution in [2.45, 2.75) is 5.16 Å². The summed E-state index contributed by atoms with van der Waals surface area (Å²) < 4.78 is 6.90. The lowest BCUT2D eigenvalue weighted by atomic mass is 10.2. The van der Waals surface area contributed by atoms with Gasteiger partial charge in [-0.05, 0) is 34.9 Å². The summed E-state index contributed by atoms with van der Waals surface area (Å²) in [5, 5.41) is 17.2. The fourth-order valence-corrected chi connectivity index (χ4v) is 3.09. The molecule has 0 aliphatic carbocycles. The number of amides is 1. The van der Waals surface area contributed by atoms with Gasteiger partial charge in [0.25, 0.3) is 5.69 Å². The van der Waals surface area contributed by atoms with Crippen LogP contribution in [-0.4, -0.2) is 33.8 Å². The Morgan fingerprint density at radius 2 is 2.11 bits per heavy atom. The van der Waals surface area contributed by atoms with Gasteiger partial charge in [0.2, 0.25) is 12.2 Å². The Kier molecular flexibility index (Phi) is 5.67. The molecule has 0 aliphatic rings. The zero-order valence-electron chi connectivity index (χ0n) is 14.3. The van der Waals surface area contributed by atoms with Crippen molar-refractivity contribution in [2.24, 2.45) is 0 Å². The van der Waals surface area contributed by atoms with Crippen molar-refractivity contribution in [2.75, 3.05) is 18.2 Å². The van der Waals surface area contributed by atoms with Gasteiger partial charge in [-0.1, -0.05) is 18.2 Å². The second kappa shape index (κ2) is 8.32. The Labute approximate surface area is 158 Å². The maximum absolute atomic E-state index is 12.3. The number of nitro groups is 1. The first-order valence-electron chi connectivity index (χ1n) is 7.84. The normalized spacial score (nSPS) is 10.4. The summed E-state index contributed by atoms with van der Waals surface area (Å²) in [6.45, 7) is 0. The average molecular weight is 386 g/mol. The van der Waals surface area contributed by atoms with Crippen LogP contribution in [0, 0.1) is 10.1 Å². The minimum Gasteiger partial charge on any atom is -0.495 e. The van der Waals surface area contributed by atoms with Gasteiger partial charge in [0.05, 0.1) is 23.5 Å². The van der Waals surface area contributed by atoms with E-state index in [4.69, 9.17) is 4.74 Å². The van der Waals surface area contributed by atoms with Crippen LogP contribution >= 0.6 is 11.8 Å². The summed E-state index contributed by atoms with van der Waals surface area (Å²) in [7, 11) is 1.43. The van der Waals surface area contributed by atoms with E-state index in [1.165, 1.54) is 43.4 Å². The summed E-state index contributed by atoms with van der Waals surface area (Å²) in [6, 6.07) is 13.6. The third-order valence-corrected chi connectivity index (χ3v) is 4.52. The summed E-state index contributed by atoms with van der Waals surface area (Å²) in [6.07, 6.45) is 1.54. The van der Waals surface area contributed by atoms with Crippen LogP contribution in [-0.2, 0) is 4.79 Å². The Morgan fingerprint density at radius 3 is 2.81 bits per heavy atom. The fourth-order valence-electron chi connectivity index (χ4n) is 2.34. The molecule has 0 radical (unpaired) electrons. The molecule has 0 fully saturated rings. The van der Waals surface area contributed by atoms with E-state index in [0.717, 1.165) is 5.69 Å². The molecule has 138 valence electrons. The quantitative estimate of drug-likeness (QED) is 0.279. The van der Waals surface area contributed by atoms with Crippen LogP contribution in [0.25, 0.3) is 5.69 Å². The summed E-state index contributed by atoms with van der Waals surface area (Å²) in [5.41, 5.74) is 1.00. The number of aromatic nitrogens is 3. The SMILES string of the molecule is COc1ccc([N+](=O)[O-])cc1NC(=O)CSc1nc[nH][n+]1-c1ccccc1. The van der Waals surface area contributed by atoms with Crippen LogP contribution in [0.1, 0.15) is 0 Å². The van der Waals surface area contributed by atoms with Crippen LogP contribution < -0.4 is 14.7 Å². The van der Waals surface area contributed by atoms with E-state index >= 15 is 0 Å². The predicted octanol–water partition coefficient (Wildman–Crippen LogP) is 2.33. The lowest BCUT2D eigenvalue weighted by Crippen LogP contribution is -2.35. The molecule has 0 atom stereocenters. The van der Waals surface area contributed by atoms with Crippen LogP contribution in [0.15, 0.2) is 60.0 Å². The van der Waals surface area contributed by atoms with Gasteiger partial charge in [0.1, 0.15) is 5.75 Å². The standard InChI is InChI=1S/C17H15N5O4S/c1-26-15-8-7-13(22(24)25)9-14(15)20-16(23)10-27-17-18-11-19-21(17)12-5-3-2-4-6-12/h2-9,11H,10H2,1H3,(H,20,23)/p+1. The van der Waals surface area contributed by atoms with Crippen molar-refractivity contribution in [1.29, 1.82) is 0 Å². The number of ether oxygens (including phenoxy) is 1. The molecule has 2 N–H and O–H groups in total. The zero-order chi connectivity index (χ0) is 19.2. The monoisotopic (exact) mass is 386 g/mol. The fraction of sp³-hybridized carbons (Fsp3) is 0.118. The largest absolute Gasteiger partial charge is 0.495 e. The number of carbonyl (C=O) groups excluding carboxylic acids is 1. The number of para-hydroxylation sites is 1. The highest BCUT2D eigenvalue weighted by molar-refractivity contribution is 7.99. The molecule has 9 nitrogen and oxygen atoms in total. The number of nitro benzene ring substituents is 1. The lowest BCUT2D eigenvalue weighted by molar-refractivity contribution is -0.694. The van der Waals surface area contributed by atoms with E-state index in [-0.39, 0.29) is 23.0 Å². The van der Waals surface area contributed by atoms with Crippen LogP contribution in [0.4, 0.5) is 11.4 Å². The molecule has 3 rings (SSSR count). The van der Waals surface area contributed by atoms with Crippen molar-refractivity contribution in [3.63, 3.8) is 0 Å². The van der Waals surface area contributed by atoms with Crippen LogP contribution in [0.3, 0.4) is 0 Å². The smallest absolute Gasteiger partial charge is 0.385 e. The first kappa shape index (κ1) is 18.4. The van der Waals surface area contributed by atoms with E-state index in [0.29, 0.717) is 10.9 Å². The number of hydrogen-bond acceptors (Lipinski definition) is 6. The van der Waals surface area contributed by atoms with Gasteiger partial charge in [-0.2, -0.15) is 5.10 Å². The highest BCUT2D eigenvalue weighted by Gasteiger charge is 2.19. The molecule has 0 bridgehead atoms. The predicted molar refractivity (Wildman–Crippen MR) is 99.1 cm³/mol. The first-order chi connectivity index (χ1) is 13.1. The molecule has 0 saturated heterocycles. The summed E-state index contributed by atoms with van der Waals surface area (Å²) in [5.74, 6) is 0.0864. The molecule has 3 aromatic rings. The number of nitrogens with zero attached hydrogens (tertiary/aromatic N) is 3. The molecule has 1 amide bonds. The Morgan fingerprint density at radius 1 is 1.33 bits per heavy atom. The Bertz CT molecular complexity index is 961. The molecule has 0 unspecified atom stereocenters. The minimum atomic E-state index is -0.531. The number of hydrogen-bond donors (Lipinski definition) is 2. The molecule has 27 heavy (non-hydrogen) atoms. The molecule has 1 heterocycles. The second-order valence-corrected chi connectivity index (χ2v) is 6.26. The van der Waals surface area contributed by atoms with Gasteiger partial charge in [-0.25, -0.2) is 0 Å². The van der Waals surface area contributed by atoms with E-state index in [1.54, 1.807) is 4.68 Å². The molecule has 2 aromatic carbocycles. The molecule has 0 aliphatic heterocycles. The Balaban J connectivity index is 1.69. The van der Waals surface area contributed by atoms with Crippen molar-refractivity contribution >= 4 is 29.0 Å². The highest BCUT2D eigenvalue weighted by Crippen LogP contribution is 2.29. The third-order valence-electron chi connectivity index (χ3n) is 3.57. The van der Waals surface area contributed by atoms with Crippen molar-refractivity contribution in [3.05, 3.63) is 65.0 Å². The number of aromatic amines is 1. The van der Waals surface area contributed by atoms with Gasteiger partial charge in [-0.3, -0.25) is 14.9 Å². The topological polar surface area (TPSA) is 114 Å². The maximum Gasteiger partial charge on any atom is 0.385 e. The third kappa shape index (κ3) is 4.42. The van der Waals surface area contributed by atoms with E-state index in [1.807, 2.05) is 30.3 Å². The van der Waals surface area contributed by atoms with Crippen molar-refractivity contribution in [3.8, 4) is 11.4 Å². The van der Waals surface area contributed by atoms with Crippen LogP contribution in [0.2, 0.25) is 0 Å². The molecule has 1 aromatic heterocycles. The van der Waals surface area contributed by atoms with E-state index in [2.05, 4.69) is 15.4 Å². The van der Waals surface area contributed by atoms with Gasteiger partial charge >= 0.3 is 5.16 Å². The van der Waals surface area contributed by atoms with E-state index < -0.39 is 4.92 Å². The summed E-state index contributed by atoms with van der Waals surface area (Å²) >= 11 is 1.23. The van der Waals surface area contributed by atoms with Crippen molar-refractivity contribution in [1.82, 2.24) is 10.1 Å². The number of H-pyrrole nitrogens is 1. The number of rotatable bonds is 7. The number of methoxy groups -OCH3 is 1. The van der Waals surface area contributed by atoms with Crippen molar-refractivity contribution < 1.29 is 19.1 Å². The molecule has 0 spiro atoms. The maximum atomic E-state index is 12.3. The number of carbonyl (C=O) groups is 1. The van der Waals surface area contributed by atoms with Gasteiger partial charge < -0.3 is 10.1 Å². The van der Waals surface area contributed by atoms with Gasteiger partial charge in [0, 0.05) is 12.1 Å². The average Bonchev–Trinajstić information content (AvgIpc) is 3.15. The number of benzene rings is 2. The highest BCUT2D eigenvalue weighted by atomic mass is 32.2. The van der Waals surface area contributed by atoms with Gasteiger partial charge in [0.15, 0.2) is 5.69 Å². The molecular weight excluding hydrogens is 370 g/mol. The lowest BCUT2D eigenvalue weighted by Gasteiger charge is -2.09. The first-order valence-corrected chi connectivity index (χ1v) is 8.83. The number of non-ortho nitro benzene ring substituents is 1. The number of nitrogens with one attached hydrogen (secondary N) is 2. The zero-order valence-corrected chi connectivity index (χ0v) is 15.1. The number of thioether (sulfide) groups is 1. The van der Waals surface area contributed by atoms with Crippen LogP contribution in [0.5, 0.6) is 5.75 Å². The summed E-state index contributed by atoms with van der Waals surface area (Å²) in [4.78, 5) is 26.9. The molecule has 0 saturated carbocycles. The minimum absolute atomic E-state index is 0.0729. The van der Waals surface area contributed by atoms with E-state index in [9.17, 15) is 14.9 Å². The number of anilines is 1. The molecule has 10 heteroatoms. The Hall–Kier alpha value is -3.40. The molecular formula is C17H16N5O4S+. The second-order valence-electron chi connectivity index (χ2n) is 5.32. The van der Waals surface area contributed by atoms with Gasteiger partial charge in [-0.15, -0.1) is 4.68 Å².